The minimum atomic E-state index is -0.376. The van der Waals surface area contributed by atoms with Crippen molar-refractivity contribution in [2.75, 3.05) is 18.5 Å². The maximum Gasteiger partial charge on any atom is 0.244 e. The van der Waals surface area contributed by atoms with E-state index in [0.29, 0.717) is 18.8 Å². The van der Waals surface area contributed by atoms with Crippen molar-refractivity contribution >= 4 is 17.5 Å². The number of nitrogens with one attached hydrogen (secondary N) is 2. The van der Waals surface area contributed by atoms with Gasteiger partial charge in [0.05, 0.1) is 19.1 Å². The van der Waals surface area contributed by atoms with Gasteiger partial charge in [-0.2, -0.15) is 0 Å². The van der Waals surface area contributed by atoms with Crippen LogP contribution in [0.1, 0.15) is 12.5 Å². The zero-order chi connectivity index (χ0) is 14.5. The summed E-state index contributed by atoms with van der Waals surface area (Å²) >= 11 is 0. The van der Waals surface area contributed by atoms with Gasteiger partial charge < -0.3 is 21.1 Å². The summed E-state index contributed by atoms with van der Waals surface area (Å²) in [5.74, 6) is -0.501. The number of rotatable bonds is 4. The molecule has 20 heavy (non-hydrogen) atoms. The van der Waals surface area contributed by atoms with Crippen LogP contribution in [0.15, 0.2) is 24.3 Å². The maximum absolute atomic E-state index is 12.1. The summed E-state index contributed by atoms with van der Waals surface area (Å²) in [7, 11) is 0. The molecular formula is C14H19N3O3. The van der Waals surface area contributed by atoms with Crippen LogP contribution in [0.25, 0.3) is 0 Å². The number of hydrogen-bond acceptors (Lipinski definition) is 4. The summed E-state index contributed by atoms with van der Waals surface area (Å²) in [6, 6.07) is 6.70. The summed E-state index contributed by atoms with van der Waals surface area (Å²) in [6.45, 7) is 3.15. The molecule has 1 heterocycles. The van der Waals surface area contributed by atoms with Crippen LogP contribution < -0.4 is 16.4 Å². The number of anilines is 1. The number of benzene rings is 1. The van der Waals surface area contributed by atoms with Crippen molar-refractivity contribution in [1.29, 1.82) is 0 Å². The van der Waals surface area contributed by atoms with Gasteiger partial charge in [-0.15, -0.1) is 0 Å². The number of morpholine rings is 1. The summed E-state index contributed by atoms with van der Waals surface area (Å²) in [6.07, 6.45) is 0.0430. The number of primary amides is 1. The highest BCUT2D eigenvalue weighted by Crippen LogP contribution is 2.12. The molecule has 0 radical (unpaired) electrons. The van der Waals surface area contributed by atoms with Crippen molar-refractivity contribution in [2.45, 2.75) is 25.5 Å². The molecular weight excluding hydrogens is 258 g/mol. The fourth-order valence-electron chi connectivity index (χ4n) is 2.15. The number of ether oxygens (including phenoxy) is 1. The third kappa shape index (κ3) is 3.79. The Morgan fingerprint density at radius 2 is 2.10 bits per heavy atom. The lowest BCUT2D eigenvalue weighted by atomic mass is 10.1. The molecule has 2 amide bonds. The van der Waals surface area contributed by atoms with Gasteiger partial charge in [-0.05, 0) is 24.6 Å². The van der Waals surface area contributed by atoms with E-state index in [0.717, 1.165) is 5.56 Å². The van der Waals surface area contributed by atoms with Gasteiger partial charge in [0.15, 0.2) is 0 Å². The number of carbonyl (C=O) groups is 2. The van der Waals surface area contributed by atoms with E-state index in [1.54, 1.807) is 24.3 Å². The van der Waals surface area contributed by atoms with Crippen molar-refractivity contribution in [2.24, 2.45) is 5.73 Å². The van der Waals surface area contributed by atoms with E-state index >= 15 is 0 Å². The van der Waals surface area contributed by atoms with Crippen LogP contribution in [-0.2, 0) is 20.7 Å². The predicted molar refractivity (Wildman–Crippen MR) is 75.2 cm³/mol. The van der Waals surface area contributed by atoms with Crippen LogP contribution in [0.4, 0.5) is 5.69 Å². The first-order chi connectivity index (χ1) is 9.56. The predicted octanol–water partition coefficient (Wildman–Crippen LogP) is 0.0298. The molecule has 1 aromatic rings. The van der Waals surface area contributed by atoms with Gasteiger partial charge in [0, 0.05) is 12.2 Å². The molecule has 2 atom stereocenters. The first-order valence-electron chi connectivity index (χ1n) is 6.59. The van der Waals surface area contributed by atoms with Gasteiger partial charge in [0.1, 0.15) is 6.04 Å². The van der Waals surface area contributed by atoms with Crippen LogP contribution in [0.3, 0.4) is 0 Å². The van der Waals surface area contributed by atoms with Gasteiger partial charge in [-0.1, -0.05) is 12.1 Å². The monoisotopic (exact) mass is 277 g/mol. The van der Waals surface area contributed by atoms with Crippen LogP contribution in [0, 0.1) is 0 Å². The molecule has 4 N–H and O–H groups in total. The van der Waals surface area contributed by atoms with E-state index in [-0.39, 0.29) is 30.4 Å². The first-order valence-corrected chi connectivity index (χ1v) is 6.59. The SMILES string of the molecule is C[C@H]1OCCN[C@@H]1C(=O)Nc1ccc(CC(N)=O)cc1. The van der Waals surface area contributed by atoms with Gasteiger partial charge in [0.2, 0.25) is 11.8 Å². The Morgan fingerprint density at radius 1 is 1.40 bits per heavy atom. The molecule has 1 fully saturated rings. The lowest BCUT2D eigenvalue weighted by Gasteiger charge is -2.29. The second-order valence-electron chi connectivity index (χ2n) is 4.84. The lowest BCUT2D eigenvalue weighted by molar-refractivity contribution is -0.123. The number of nitrogens with two attached hydrogens (primary N) is 1. The van der Waals surface area contributed by atoms with Crippen LogP contribution in [0.5, 0.6) is 0 Å². The molecule has 0 bridgehead atoms. The van der Waals surface area contributed by atoms with Crippen LogP contribution in [-0.4, -0.2) is 37.1 Å². The highest BCUT2D eigenvalue weighted by molar-refractivity contribution is 5.95. The largest absolute Gasteiger partial charge is 0.375 e. The van der Waals surface area contributed by atoms with Crippen LogP contribution >= 0.6 is 0 Å². The Balaban J connectivity index is 1.95. The average Bonchev–Trinajstić information content (AvgIpc) is 2.41. The maximum atomic E-state index is 12.1. The average molecular weight is 277 g/mol. The molecule has 0 unspecified atom stereocenters. The van der Waals surface area contributed by atoms with Crippen molar-refractivity contribution in [3.05, 3.63) is 29.8 Å². The third-order valence-corrected chi connectivity index (χ3v) is 3.20. The Kier molecular flexibility index (Phi) is 4.70. The molecule has 1 aromatic carbocycles. The van der Waals surface area contributed by atoms with Gasteiger partial charge >= 0.3 is 0 Å². The second kappa shape index (κ2) is 6.49. The summed E-state index contributed by atoms with van der Waals surface area (Å²) in [5, 5.41) is 5.95. The van der Waals surface area contributed by atoms with Gasteiger partial charge in [-0.3, -0.25) is 9.59 Å². The van der Waals surface area contributed by atoms with Gasteiger partial charge in [0.25, 0.3) is 0 Å². The smallest absolute Gasteiger partial charge is 0.244 e. The van der Waals surface area contributed by atoms with E-state index in [1.165, 1.54) is 0 Å². The van der Waals surface area contributed by atoms with E-state index in [9.17, 15) is 9.59 Å². The van der Waals surface area contributed by atoms with E-state index in [1.807, 2.05) is 6.92 Å². The molecule has 0 saturated carbocycles. The second-order valence-corrected chi connectivity index (χ2v) is 4.84. The minimum Gasteiger partial charge on any atom is -0.375 e. The molecule has 6 nitrogen and oxygen atoms in total. The summed E-state index contributed by atoms with van der Waals surface area (Å²) in [4.78, 5) is 22.9. The fourth-order valence-corrected chi connectivity index (χ4v) is 2.15. The Morgan fingerprint density at radius 3 is 2.70 bits per heavy atom. The molecule has 108 valence electrons. The van der Waals surface area contributed by atoms with E-state index in [2.05, 4.69) is 10.6 Å². The van der Waals surface area contributed by atoms with E-state index in [4.69, 9.17) is 10.5 Å². The van der Waals surface area contributed by atoms with Gasteiger partial charge in [-0.25, -0.2) is 0 Å². The number of hydrogen-bond donors (Lipinski definition) is 3. The number of amides is 2. The molecule has 0 aliphatic carbocycles. The fraction of sp³-hybridized carbons (Fsp3) is 0.429. The van der Waals surface area contributed by atoms with Crippen LogP contribution in [0.2, 0.25) is 0 Å². The molecule has 6 heteroatoms. The van der Waals surface area contributed by atoms with Crippen molar-refractivity contribution < 1.29 is 14.3 Å². The Bertz CT molecular complexity index is 487. The quantitative estimate of drug-likeness (QED) is 0.724. The molecule has 0 spiro atoms. The Labute approximate surface area is 117 Å². The Hall–Kier alpha value is -1.92. The zero-order valence-corrected chi connectivity index (χ0v) is 11.4. The van der Waals surface area contributed by atoms with Crippen molar-refractivity contribution in [1.82, 2.24) is 5.32 Å². The summed E-state index contributed by atoms with van der Waals surface area (Å²) in [5.41, 5.74) is 6.63. The van der Waals surface area contributed by atoms with Crippen molar-refractivity contribution in [3.63, 3.8) is 0 Å². The minimum absolute atomic E-state index is 0.125. The third-order valence-electron chi connectivity index (χ3n) is 3.20. The first kappa shape index (κ1) is 14.5. The molecule has 2 rings (SSSR count). The highest BCUT2D eigenvalue weighted by atomic mass is 16.5. The summed E-state index contributed by atoms with van der Waals surface area (Å²) < 4.78 is 5.44. The molecule has 1 aliphatic heterocycles. The number of carbonyl (C=O) groups excluding carboxylic acids is 2. The lowest BCUT2D eigenvalue weighted by Crippen LogP contribution is -2.53. The molecule has 1 aliphatic rings. The van der Waals surface area contributed by atoms with E-state index < -0.39 is 0 Å². The highest BCUT2D eigenvalue weighted by Gasteiger charge is 2.28. The standard InChI is InChI=1S/C14H19N3O3/c1-9-13(16-6-7-20-9)14(19)17-11-4-2-10(3-5-11)8-12(15)18/h2-5,9,13,16H,6-8H2,1H3,(H2,15,18)(H,17,19)/t9-,13+/m1/s1. The zero-order valence-electron chi connectivity index (χ0n) is 11.4. The molecule has 1 saturated heterocycles. The molecule has 0 aromatic heterocycles. The normalized spacial score (nSPS) is 22.2. The topological polar surface area (TPSA) is 93.4 Å². The van der Waals surface area contributed by atoms with Crippen molar-refractivity contribution in [3.8, 4) is 0 Å².